The molecule has 0 bridgehead atoms. The van der Waals surface area contributed by atoms with Crippen LogP contribution in [0.4, 0.5) is 0 Å². The van der Waals surface area contributed by atoms with E-state index in [9.17, 15) is 9.59 Å². The van der Waals surface area contributed by atoms with Gasteiger partial charge in [0.25, 0.3) is 5.91 Å². The van der Waals surface area contributed by atoms with E-state index in [1.54, 1.807) is 12.3 Å². The molecule has 1 unspecified atom stereocenters. The minimum Gasteiger partial charge on any atom is -0.480 e. The summed E-state index contributed by atoms with van der Waals surface area (Å²) in [5.74, 6) is -1.24. The number of carbonyl (C=O) groups is 2. The highest BCUT2D eigenvalue weighted by Crippen LogP contribution is 2.15. The molecule has 1 N–H and O–H groups in total. The van der Waals surface area contributed by atoms with E-state index in [-0.39, 0.29) is 18.5 Å². The average molecular weight is 274 g/mol. The summed E-state index contributed by atoms with van der Waals surface area (Å²) in [5, 5.41) is 8.96. The molecule has 2 rings (SSSR count). The van der Waals surface area contributed by atoms with Gasteiger partial charge in [0.15, 0.2) is 0 Å². The van der Waals surface area contributed by atoms with Crippen LogP contribution in [0.3, 0.4) is 0 Å². The van der Waals surface area contributed by atoms with Crippen molar-refractivity contribution in [1.82, 2.24) is 9.30 Å². The number of rotatable bonds is 5. The Balaban J connectivity index is 2.32. The van der Waals surface area contributed by atoms with Gasteiger partial charge in [0.1, 0.15) is 6.54 Å². The summed E-state index contributed by atoms with van der Waals surface area (Å²) < 4.78 is 1.85. The van der Waals surface area contributed by atoms with Crippen LogP contribution in [-0.4, -0.2) is 38.9 Å². The van der Waals surface area contributed by atoms with Gasteiger partial charge in [0.2, 0.25) is 0 Å². The minimum absolute atomic E-state index is 0.110. The van der Waals surface area contributed by atoms with E-state index in [2.05, 4.69) is 0 Å². The van der Waals surface area contributed by atoms with Crippen LogP contribution in [-0.2, 0) is 4.79 Å². The van der Waals surface area contributed by atoms with Gasteiger partial charge in [-0.05, 0) is 31.5 Å². The standard InChI is InChI=1S/C15H18N2O3/c1-3-11(2)17(10-14(18)19)15(20)12-8-13-6-4-5-7-16(13)9-12/h4-9,11H,3,10H2,1-2H3,(H,18,19). The number of carboxylic acid groups (broad SMARTS) is 1. The lowest BCUT2D eigenvalue weighted by Gasteiger charge is -2.26. The summed E-state index contributed by atoms with van der Waals surface area (Å²) in [4.78, 5) is 24.8. The molecule has 5 heteroatoms. The van der Waals surface area contributed by atoms with Crippen molar-refractivity contribution in [1.29, 1.82) is 0 Å². The molecule has 1 atom stereocenters. The zero-order valence-electron chi connectivity index (χ0n) is 11.6. The zero-order valence-corrected chi connectivity index (χ0v) is 11.6. The van der Waals surface area contributed by atoms with Gasteiger partial charge in [-0.25, -0.2) is 0 Å². The normalized spacial score (nSPS) is 12.3. The van der Waals surface area contributed by atoms with Crippen LogP contribution in [0.5, 0.6) is 0 Å². The number of aromatic nitrogens is 1. The first-order valence-electron chi connectivity index (χ1n) is 6.62. The topological polar surface area (TPSA) is 62.0 Å². The molecule has 2 heterocycles. The molecule has 0 aliphatic carbocycles. The summed E-state index contributed by atoms with van der Waals surface area (Å²) in [7, 11) is 0. The molecule has 0 fully saturated rings. The number of carbonyl (C=O) groups excluding carboxylic acids is 1. The molecule has 20 heavy (non-hydrogen) atoms. The van der Waals surface area contributed by atoms with Crippen molar-refractivity contribution in [2.75, 3.05) is 6.54 Å². The van der Waals surface area contributed by atoms with Crippen LogP contribution in [0, 0.1) is 0 Å². The van der Waals surface area contributed by atoms with Crippen molar-refractivity contribution in [2.45, 2.75) is 26.3 Å². The third-order valence-corrected chi connectivity index (χ3v) is 3.44. The van der Waals surface area contributed by atoms with Crippen LogP contribution in [0.2, 0.25) is 0 Å². The fourth-order valence-corrected chi connectivity index (χ4v) is 2.13. The molecule has 2 aromatic rings. The van der Waals surface area contributed by atoms with Crippen molar-refractivity contribution in [3.8, 4) is 0 Å². The fraction of sp³-hybridized carbons (Fsp3) is 0.333. The van der Waals surface area contributed by atoms with E-state index in [1.807, 2.05) is 42.6 Å². The molecule has 2 aromatic heterocycles. The summed E-state index contributed by atoms with van der Waals surface area (Å²) in [6.45, 7) is 3.51. The summed E-state index contributed by atoms with van der Waals surface area (Å²) >= 11 is 0. The molecule has 1 amide bonds. The lowest BCUT2D eigenvalue weighted by atomic mass is 10.2. The highest BCUT2D eigenvalue weighted by atomic mass is 16.4. The maximum Gasteiger partial charge on any atom is 0.323 e. The van der Waals surface area contributed by atoms with Gasteiger partial charge in [-0.3, -0.25) is 9.59 Å². The number of aliphatic carboxylic acids is 1. The average Bonchev–Trinajstić information content (AvgIpc) is 2.86. The third kappa shape index (κ3) is 2.82. The smallest absolute Gasteiger partial charge is 0.323 e. The van der Waals surface area contributed by atoms with Crippen LogP contribution < -0.4 is 0 Å². The number of pyridine rings is 1. The van der Waals surface area contributed by atoms with Crippen molar-refractivity contribution >= 4 is 17.4 Å². The van der Waals surface area contributed by atoms with E-state index in [0.717, 1.165) is 5.52 Å². The van der Waals surface area contributed by atoms with Gasteiger partial charge in [-0.1, -0.05) is 13.0 Å². The molecule has 106 valence electrons. The number of carboxylic acids is 1. The predicted octanol–water partition coefficient (Wildman–Crippen LogP) is 2.26. The van der Waals surface area contributed by atoms with E-state index in [0.29, 0.717) is 12.0 Å². The van der Waals surface area contributed by atoms with Gasteiger partial charge in [0.05, 0.1) is 5.56 Å². The first-order valence-corrected chi connectivity index (χ1v) is 6.62. The first kappa shape index (κ1) is 14.1. The van der Waals surface area contributed by atoms with Crippen LogP contribution in [0.1, 0.15) is 30.6 Å². The molecule has 0 spiro atoms. The molecule has 0 aliphatic rings. The zero-order chi connectivity index (χ0) is 14.7. The van der Waals surface area contributed by atoms with Gasteiger partial charge in [-0.15, -0.1) is 0 Å². The molecule has 0 saturated carbocycles. The maximum atomic E-state index is 12.5. The molecule has 0 aliphatic heterocycles. The quantitative estimate of drug-likeness (QED) is 0.909. The Hall–Kier alpha value is -2.30. The van der Waals surface area contributed by atoms with Crippen LogP contribution >= 0.6 is 0 Å². The van der Waals surface area contributed by atoms with Gasteiger partial charge < -0.3 is 14.4 Å². The van der Waals surface area contributed by atoms with E-state index < -0.39 is 5.97 Å². The molecule has 0 saturated heterocycles. The molecule has 5 nitrogen and oxygen atoms in total. The SMILES string of the molecule is CCC(C)N(CC(=O)O)C(=O)c1cc2ccccn2c1. The Morgan fingerprint density at radius 1 is 1.40 bits per heavy atom. The lowest BCUT2D eigenvalue weighted by molar-refractivity contribution is -0.138. The molecular formula is C15H18N2O3. The molecule has 0 radical (unpaired) electrons. The van der Waals surface area contributed by atoms with Crippen molar-refractivity contribution in [2.24, 2.45) is 0 Å². The lowest BCUT2D eigenvalue weighted by Crippen LogP contribution is -2.41. The van der Waals surface area contributed by atoms with E-state index in [4.69, 9.17) is 5.11 Å². The monoisotopic (exact) mass is 274 g/mol. The largest absolute Gasteiger partial charge is 0.480 e. The van der Waals surface area contributed by atoms with Crippen molar-refractivity contribution in [3.05, 3.63) is 42.2 Å². The Kier molecular flexibility index (Phi) is 4.08. The van der Waals surface area contributed by atoms with Crippen molar-refractivity contribution < 1.29 is 14.7 Å². The second kappa shape index (κ2) is 5.77. The fourth-order valence-electron chi connectivity index (χ4n) is 2.13. The molecule has 0 aromatic carbocycles. The summed E-state index contributed by atoms with van der Waals surface area (Å²) in [6.07, 6.45) is 4.30. The summed E-state index contributed by atoms with van der Waals surface area (Å²) in [5.41, 5.74) is 1.42. The highest BCUT2D eigenvalue weighted by molar-refractivity contribution is 5.97. The minimum atomic E-state index is -0.998. The van der Waals surface area contributed by atoms with E-state index in [1.165, 1.54) is 4.90 Å². The van der Waals surface area contributed by atoms with Gasteiger partial charge >= 0.3 is 5.97 Å². The summed E-state index contributed by atoms with van der Waals surface area (Å²) in [6, 6.07) is 7.35. The van der Waals surface area contributed by atoms with Gasteiger partial charge in [0, 0.05) is 24.0 Å². The first-order chi connectivity index (χ1) is 9.52. The second-order valence-corrected chi connectivity index (χ2v) is 4.85. The van der Waals surface area contributed by atoms with Crippen molar-refractivity contribution in [3.63, 3.8) is 0 Å². The highest BCUT2D eigenvalue weighted by Gasteiger charge is 2.23. The van der Waals surface area contributed by atoms with E-state index >= 15 is 0 Å². The number of nitrogens with zero attached hydrogens (tertiary/aromatic N) is 2. The Labute approximate surface area is 117 Å². The Morgan fingerprint density at radius 3 is 2.75 bits per heavy atom. The van der Waals surface area contributed by atoms with Crippen LogP contribution in [0.25, 0.3) is 5.52 Å². The second-order valence-electron chi connectivity index (χ2n) is 4.85. The van der Waals surface area contributed by atoms with Crippen LogP contribution in [0.15, 0.2) is 36.7 Å². The maximum absolute atomic E-state index is 12.5. The number of fused-ring (bicyclic) bond motifs is 1. The number of amides is 1. The third-order valence-electron chi connectivity index (χ3n) is 3.44. The number of hydrogen-bond acceptors (Lipinski definition) is 2. The Morgan fingerprint density at radius 2 is 2.15 bits per heavy atom. The van der Waals surface area contributed by atoms with Gasteiger partial charge in [-0.2, -0.15) is 0 Å². The predicted molar refractivity (Wildman–Crippen MR) is 75.8 cm³/mol. The molecular weight excluding hydrogens is 256 g/mol. The Bertz CT molecular complexity index is 600. The number of hydrogen-bond donors (Lipinski definition) is 1.